The summed E-state index contributed by atoms with van der Waals surface area (Å²) in [6, 6.07) is 0. The molecular weight excluding hydrogens is 160 g/mol. The van der Waals surface area contributed by atoms with Crippen LogP contribution in [0.1, 0.15) is 33.6 Å². The van der Waals surface area contributed by atoms with Crippen molar-refractivity contribution in [1.82, 2.24) is 0 Å². The highest BCUT2D eigenvalue weighted by atomic mass is 16.2. The van der Waals surface area contributed by atoms with Crippen molar-refractivity contribution in [2.75, 3.05) is 6.61 Å². The van der Waals surface area contributed by atoms with Crippen LogP contribution in [0.15, 0.2) is 23.8 Å². The molecule has 0 unspecified atom stereocenters. The Kier molecular flexibility index (Phi) is 3.32. The van der Waals surface area contributed by atoms with E-state index in [0.717, 1.165) is 12.3 Å². The third kappa shape index (κ3) is 2.22. The summed E-state index contributed by atoms with van der Waals surface area (Å²) in [5, 5.41) is 8.62. The largest absolute Gasteiger partial charge is 0.392 e. The van der Waals surface area contributed by atoms with Gasteiger partial charge in [0.1, 0.15) is 0 Å². The van der Waals surface area contributed by atoms with Gasteiger partial charge in [-0.1, -0.05) is 37.6 Å². The van der Waals surface area contributed by atoms with E-state index >= 15 is 0 Å². The van der Waals surface area contributed by atoms with Crippen molar-refractivity contribution in [2.45, 2.75) is 33.6 Å². The standard InChI is InChI=1S/C12H20O/c1-10-7-8-11(12(10,2)3)6-4-5-9-13/h4-5,7,11,13H,6,8-9H2,1-3H3/t11-/m1/s1. The second-order valence-corrected chi connectivity index (χ2v) is 4.43. The number of hydrogen-bond donors (Lipinski definition) is 1. The summed E-state index contributed by atoms with van der Waals surface area (Å²) in [6.45, 7) is 7.00. The molecule has 0 saturated carbocycles. The summed E-state index contributed by atoms with van der Waals surface area (Å²) in [6.07, 6.45) is 8.55. The first-order valence-corrected chi connectivity index (χ1v) is 5.02. The number of allylic oxidation sites excluding steroid dienone is 3. The molecule has 0 spiro atoms. The highest BCUT2D eigenvalue weighted by molar-refractivity contribution is 5.18. The van der Waals surface area contributed by atoms with Crippen molar-refractivity contribution < 1.29 is 5.11 Å². The molecule has 0 aromatic rings. The Morgan fingerprint density at radius 3 is 2.69 bits per heavy atom. The molecule has 74 valence electrons. The van der Waals surface area contributed by atoms with E-state index in [1.807, 2.05) is 6.08 Å². The van der Waals surface area contributed by atoms with Crippen molar-refractivity contribution in [1.29, 1.82) is 0 Å². The quantitative estimate of drug-likeness (QED) is 0.662. The molecule has 0 heterocycles. The molecule has 0 aromatic carbocycles. The van der Waals surface area contributed by atoms with Gasteiger partial charge in [-0.15, -0.1) is 0 Å². The predicted molar refractivity (Wildman–Crippen MR) is 56.5 cm³/mol. The van der Waals surface area contributed by atoms with Crippen LogP contribution in [0.4, 0.5) is 0 Å². The molecule has 1 aliphatic rings. The second kappa shape index (κ2) is 4.10. The average molecular weight is 180 g/mol. The first-order valence-electron chi connectivity index (χ1n) is 5.02. The minimum Gasteiger partial charge on any atom is -0.392 e. The Balaban J connectivity index is 2.51. The Bertz CT molecular complexity index is 223. The lowest BCUT2D eigenvalue weighted by Gasteiger charge is -2.28. The minimum atomic E-state index is 0.166. The maximum Gasteiger partial charge on any atom is 0.0612 e. The highest BCUT2D eigenvalue weighted by Crippen LogP contribution is 2.44. The molecule has 1 nitrogen and oxygen atoms in total. The van der Waals surface area contributed by atoms with Crippen LogP contribution in [0.5, 0.6) is 0 Å². The average Bonchev–Trinajstić information content (AvgIpc) is 2.32. The van der Waals surface area contributed by atoms with Crippen molar-refractivity contribution in [3.05, 3.63) is 23.8 Å². The zero-order chi connectivity index (χ0) is 9.90. The van der Waals surface area contributed by atoms with Gasteiger partial charge in [0.15, 0.2) is 0 Å². The van der Waals surface area contributed by atoms with Crippen LogP contribution < -0.4 is 0 Å². The van der Waals surface area contributed by atoms with Gasteiger partial charge in [0.2, 0.25) is 0 Å². The van der Waals surface area contributed by atoms with E-state index in [1.54, 1.807) is 0 Å². The van der Waals surface area contributed by atoms with E-state index in [2.05, 4.69) is 32.9 Å². The number of aliphatic hydroxyl groups is 1. The molecule has 0 aromatic heterocycles. The molecule has 1 aliphatic carbocycles. The Hall–Kier alpha value is -0.560. The summed E-state index contributed by atoms with van der Waals surface area (Å²) in [4.78, 5) is 0. The van der Waals surface area contributed by atoms with Crippen LogP contribution in [0.2, 0.25) is 0 Å². The van der Waals surface area contributed by atoms with Crippen molar-refractivity contribution in [2.24, 2.45) is 11.3 Å². The smallest absolute Gasteiger partial charge is 0.0612 e. The number of aliphatic hydroxyl groups excluding tert-OH is 1. The molecule has 0 amide bonds. The first-order chi connectivity index (χ1) is 6.09. The van der Waals surface area contributed by atoms with Crippen LogP contribution in [0, 0.1) is 11.3 Å². The molecule has 0 aliphatic heterocycles. The van der Waals surface area contributed by atoms with E-state index in [-0.39, 0.29) is 6.61 Å². The van der Waals surface area contributed by atoms with Gasteiger partial charge in [-0.3, -0.25) is 0 Å². The van der Waals surface area contributed by atoms with Gasteiger partial charge < -0.3 is 5.11 Å². The molecule has 1 atom stereocenters. The summed E-state index contributed by atoms with van der Waals surface area (Å²) < 4.78 is 0. The van der Waals surface area contributed by atoms with Crippen LogP contribution in [0.25, 0.3) is 0 Å². The monoisotopic (exact) mass is 180 g/mol. The third-order valence-corrected chi connectivity index (χ3v) is 3.44. The van der Waals surface area contributed by atoms with Crippen molar-refractivity contribution >= 4 is 0 Å². The lowest BCUT2D eigenvalue weighted by Crippen LogP contribution is -2.19. The lowest BCUT2D eigenvalue weighted by atomic mass is 9.76. The Morgan fingerprint density at radius 2 is 2.23 bits per heavy atom. The molecule has 0 saturated heterocycles. The zero-order valence-electron chi connectivity index (χ0n) is 8.88. The maximum atomic E-state index is 8.62. The van der Waals surface area contributed by atoms with E-state index < -0.39 is 0 Å². The fourth-order valence-corrected chi connectivity index (χ4v) is 1.92. The van der Waals surface area contributed by atoms with Crippen LogP contribution in [0.3, 0.4) is 0 Å². The van der Waals surface area contributed by atoms with Gasteiger partial charge in [-0.05, 0) is 31.1 Å². The van der Waals surface area contributed by atoms with Gasteiger partial charge in [0, 0.05) is 0 Å². The molecule has 1 N–H and O–H groups in total. The van der Waals surface area contributed by atoms with E-state index in [0.29, 0.717) is 5.41 Å². The highest BCUT2D eigenvalue weighted by Gasteiger charge is 2.33. The summed E-state index contributed by atoms with van der Waals surface area (Å²) in [7, 11) is 0. The topological polar surface area (TPSA) is 20.2 Å². The SMILES string of the molecule is CC1=CC[C@@H](CC=CCO)C1(C)C. The predicted octanol–water partition coefficient (Wildman–Crippen LogP) is 2.92. The third-order valence-electron chi connectivity index (χ3n) is 3.44. The second-order valence-electron chi connectivity index (χ2n) is 4.43. The Morgan fingerprint density at radius 1 is 1.54 bits per heavy atom. The van der Waals surface area contributed by atoms with E-state index in [1.165, 1.54) is 12.0 Å². The fraction of sp³-hybridized carbons (Fsp3) is 0.667. The van der Waals surface area contributed by atoms with Gasteiger partial charge in [-0.25, -0.2) is 0 Å². The summed E-state index contributed by atoms with van der Waals surface area (Å²) in [5.74, 6) is 0.718. The molecule has 0 fully saturated rings. The zero-order valence-corrected chi connectivity index (χ0v) is 8.88. The molecule has 1 heteroatoms. The van der Waals surface area contributed by atoms with Gasteiger partial charge in [-0.2, -0.15) is 0 Å². The maximum absolute atomic E-state index is 8.62. The molecule has 13 heavy (non-hydrogen) atoms. The van der Waals surface area contributed by atoms with Gasteiger partial charge in [0.05, 0.1) is 6.61 Å². The number of rotatable bonds is 3. The van der Waals surface area contributed by atoms with E-state index in [9.17, 15) is 0 Å². The van der Waals surface area contributed by atoms with Crippen LogP contribution in [-0.4, -0.2) is 11.7 Å². The lowest BCUT2D eigenvalue weighted by molar-refractivity contribution is 0.293. The molecule has 0 bridgehead atoms. The summed E-state index contributed by atoms with van der Waals surface area (Å²) in [5.41, 5.74) is 1.86. The van der Waals surface area contributed by atoms with Crippen molar-refractivity contribution in [3.8, 4) is 0 Å². The van der Waals surface area contributed by atoms with E-state index in [4.69, 9.17) is 5.11 Å². The van der Waals surface area contributed by atoms with Crippen molar-refractivity contribution in [3.63, 3.8) is 0 Å². The Labute approximate surface area is 81.2 Å². The van der Waals surface area contributed by atoms with Gasteiger partial charge >= 0.3 is 0 Å². The fourth-order valence-electron chi connectivity index (χ4n) is 1.92. The number of hydrogen-bond acceptors (Lipinski definition) is 1. The first kappa shape index (κ1) is 10.5. The normalized spacial score (nSPS) is 26.8. The molecule has 0 radical (unpaired) electrons. The van der Waals surface area contributed by atoms with Gasteiger partial charge in [0.25, 0.3) is 0 Å². The van der Waals surface area contributed by atoms with Crippen LogP contribution >= 0.6 is 0 Å². The van der Waals surface area contributed by atoms with Crippen LogP contribution in [-0.2, 0) is 0 Å². The molecular formula is C12H20O. The summed E-state index contributed by atoms with van der Waals surface area (Å²) >= 11 is 0. The molecule has 1 rings (SSSR count). The minimum absolute atomic E-state index is 0.166.